The maximum absolute atomic E-state index is 14.2. The molecule has 0 saturated carbocycles. The fourth-order valence-corrected chi connectivity index (χ4v) is 3.03. The number of anilines is 1. The number of hydrogen-bond donors (Lipinski definition) is 2. The highest BCUT2D eigenvalue weighted by molar-refractivity contribution is 5.93. The lowest BCUT2D eigenvalue weighted by atomic mass is 9.89. The molecule has 0 radical (unpaired) electrons. The molecular weight excluding hydrogens is 259 g/mol. The van der Waals surface area contributed by atoms with Crippen molar-refractivity contribution < 1.29 is 13.9 Å². The van der Waals surface area contributed by atoms with Crippen LogP contribution in [0.5, 0.6) is 0 Å². The molecule has 4 nitrogen and oxygen atoms in total. The van der Waals surface area contributed by atoms with E-state index in [0.29, 0.717) is 30.7 Å². The molecule has 2 heterocycles. The van der Waals surface area contributed by atoms with Gasteiger partial charge in [0.1, 0.15) is 5.82 Å². The normalized spacial score (nSPS) is 27.1. The SMILES string of the molecule is CC1CC(C(N)c2cc3c(cc2F)NC(=O)CC3)CO1. The molecule has 2 aliphatic heterocycles. The minimum Gasteiger partial charge on any atom is -0.378 e. The minimum atomic E-state index is -0.358. The second kappa shape index (κ2) is 5.14. The Morgan fingerprint density at radius 1 is 1.45 bits per heavy atom. The van der Waals surface area contributed by atoms with E-state index < -0.39 is 0 Å². The summed E-state index contributed by atoms with van der Waals surface area (Å²) in [6.45, 7) is 2.58. The van der Waals surface area contributed by atoms with Crippen LogP contribution >= 0.6 is 0 Å². The van der Waals surface area contributed by atoms with Crippen LogP contribution in [0.15, 0.2) is 12.1 Å². The Bertz CT molecular complexity index is 547. The van der Waals surface area contributed by atoms with Gasteiger partial charge in [-0.25, -0.2) is 4.39 Å². The molecule has 3 N–H and O–H groups in total. The van der Waals surface area contributed by atoms with Crippen molar-refractivity contribution in [2.75, 3.05) is 11.9 Å². The van der Waals surface area contributed by atoms with Crippen molar-refractivity contribution in [2.24, 2.45) is 11.7 Å². The molecule has 20 heavy (non-hydrogen) atoms. The Balaban J connectivity index is 1.88. The highest BCUT2D eigenvalue weighted by atomic mass is 19.1. The summed E-state index contributed by atoms with van der Waals surface area (Å²) >= 11 is 0. The molecule has 3 rings (SSSR count). The number of hydrogen-bond acceptors (Lipinski definition) is 3. The van der Waals surface area contributed by atoms with Crippen molar-refractivity contribution in [1.29, 1.82) is 0 Å². The number of benzene rings is 1. The van der Waals surface area contributed by atoms with E-state index in [2.05, 4.69) is 5.32 Å². The average Bonchev–Trinajstić information content (AvgIpc) is 2.84. The number of aryl methyl sites for hydroxylation is 1. The van der Waals surface area contributed by atoms with Gasteiger partial charge in [-0.3, -0.25) is 4.79 Å². The fourth-order valence-electron chi connectivity index (χ4n) is 3.03. The third-order valence-electron chi connectivity index (χ3n) is 4.21. The Labute approximate surface area is 117 Å². The van der Waals surface area contributed by atoms with E-state index >= 15 is 0 Å². The Morgan fingerprint density at radius 2 is 2.25 bits per heavy atom. The Hall–Kier alpha value is -1.46. The van der Waals surface area contributed by atoms with Crippen LogP contribution in [-0.4, -0.2) is 18.6 Å². The fraction of sp³-hybridized carbons (Fsp3) is 0.533. The maximum Gasteiger partial charge on any atom is 0.224 e. The van der Waals surface area contributed by atoms with E-state index in [0.717, 1.165) is 12.0 Å². The van der Waals surface area contributed by atoms with Gasteiger partial charge >= 0.3 is 0 Å². The van der Waals surface area contributed by atoms with E-state index in [1.54, 1.807) is 6.07 Å². The van der Waals surface area contributed by atoms with Crippen LogP contribution in [0, 0.1) is 11.7 Å². The van der Waals surface area contributed by atoms with Crippen molar-refractivity contribution in [3.63, 3.8) is 0 Å². The minimum absolute atomic E-state index is 0.0630. The number of nitrogens with one attached hydrogen (secondary N) is 1. The first kappa shape index (κ1) is 13.5. The smallest absolute Gasteiger partial charge is 0.224 e. The third-order valence-corrected chi connectivity index (χ3v) is 4.21. The van der Waals surface area contributed by atoms with Gasteiger partial charge in [-0.1, -0.05) is 0 Å². The summed E-state index contributed by atoms with van der Waals surface area (Å²) in [5, 5.41) is 2.70. The van der Waals surface area contributed by atoms with Crippen LogP contribution < -0.4 is 11.1 Å². The van der Waals surface area contributed by atoms with Crippen LogP contribution in [0.4, 0.5) is 10.1 Å². The highest BCUT2D eigenvalue weighted by Crippen LogP contribution is 2.34. The molecule has 1 aromatic rings. The first-order chi connectivity index (χ1) is 9.54. The summed E-state index contributed by atoms with van der Waals surface area (Å²) in [6.07, 6.45) is 2.12. The van der Waals surface area contributed by atoms with E-state index in [4.69, 9.17) is 10.5 Å². The summed E-state index contributed by atoms with van der Waals surface area (Å²) in [7, 11) is 0. The number of fused-ring (bicyclic) bond motifs is 1. The quantitative estimate of drug-likeness (QED) is 0.871. The number of amides is 1. The zero-order valence-corrected chi connectivity index (χ0v) is 11.5. The van der Waals surface area contributed by atoms with Crippen LogP contribution in [0.2, 0.25) is 0 Å². The molecule has 108 valence electrons. The van der Waals surface area contributed by atoms with Gasteiger partial charge < -0.3 is 15.8 Å². The Morgan fingerprint density at radius 3 is 2.95 bits per heavy atom. The van der Waals surface area contributed by atoms with E-state index in [-0.39, 0.29) is 29.8 Å². The topological polar surface area (TPSA) is 64.3 Å². The second-order valence-electron chi connectivity index (χ2n) is 5.74. The van der Waals surface area contributed by atoms with Crippen molar-refractivity contribution in [2.45, 2.75) is 38.3 Å². The molecule has 1 amide bonds. The van der Waals surface area contributed by atoms with Crippen LogP contribution in [0.3, 0.4) is 0 Å². The lowest BCUT2D eigenvalue weighted by Gasteiger charge is -2.23. The number of ether oxygens (including phenoxy) is 1. The van der Waals surface area contributed by atoms with Crippen molar-refractivity contribution >= 4 is 11.6 Å². The average molecular weight is 278 g/mol. The maximum atomic E-state index is 14.2. The highest BCUT2D eigenvalue weighted by Gasteiger charge is 2.30. The lowest BCUT2D eigenvalue weighted by Crippen LogP contribution is -2.25. The number of carbonyl (C=O) groups excluding carboxylic acids is 1. The molecule has 3 unspecified atom stereocenters. The second-order valence-corrected chi connectivity index (χ2v) is 5.74. The van der Waals surface area contributed by atoms with Crippen molar-refractivity contribution in [3.8, 4) is 0 Å². The van der Waals surface area contributed by atoms with Crippen LogP contribution in [-0.2, 0) is 16.0 Å². The molecule has 1 fully saturated rings. The molecule has 0 aliphatic carbocycles. The summed E-state index contributed by atoms with van der Waals surface area (Å²) in [4.78, 5) is 11.3. The number of halogens is 1. The molecule has 0 bridgehead atoms. The molecule has 1 saturated heterocycles. The summed E-state index contributed by atoms with van der Waals surface area (Å²) in [5.74, 6) is -0.263. The molecule has 3 atom stereocenters. The predicted molar refractivity (Wildman–Crippen MR) is 73.8 cm³/mol. The largest absolute Gasteiger partial charge is 0.378 e. The Kier molecular flexibility index (Phi) is 3.48. The van der Waals surface area contributed by atoms with Crippen LogP contribution in [0.1, 0.15) is 36.9 Å². The molecule has 5 heteroatoms. The van der Waals surface area contributed by atoms with Gasteiger partial charge in [0.15, 0.2) is 0 Å². The van der Waals surface area contributed by atoms with Gasteiger partial charge in [-0.2, -0.15) is 0 Å². The van der Waals surface area contributed by atoms with E-state index in [1.807, 2.05) is 6.92 Å². The zero-order chi connectivity index (χ0) is 14.3. The van der Waals surface area contributed by atoms with Gasteiger partial charge in [-0.15, -0.1) is 0 Å². The lowest BCUT2D eigenvalue weighted by molar-refractivity contribution is -0.116. The molecule has 0 aromatic heterocycles. The first-order valence-electron chi connectivity index (χ1n) is 7.04. The van der Waals surface area contributed by atoms with Crippen molar-refractivity contribution in [1.82, 2.24) is 0 Å². The monoisotopic (exact) mass is 278 g/mol. The first-order valence-corrected chi connectivity index (χ1v) is 7.04. The van der Waals surface area contributed by atoms with Crippen LogP contribution in [0.25, 0.3) is 0 Å². The number of nitrogens with two attached hydrogens (primary N) is 1. The summed E-state index contributed by atoms with van der Waals surface area (Å²) in [6, 6.07) is 2.83. The van der Waals surface area contributed by atoms with Gasteiger partial charge in [0.25, 0.3) is 0 Å². The van der Waals surface area contributed by atoms with Gasteiger partial charge in [0.2, 0.25) is 5.91 Å². The molecular formula is C15H19FN2O2. The summed E-state index contributed by atoms with van der Waals surface area (Å²) < 4.78 is 19.7. The van der Waals surface area contributed by atoms with E-state index in [9.17, 15) is 9.18 Å². The van der Waals surface area contributed by atoms with Gasteiger partial charge in [-0.05, 0) is 37.5 Å². The molecule has 1 aromatic carbocycles. The number of carbonyl (C=O) groups is 1. The molecule has 0 spiro atoms. The van der Waals surface area contributed by atoms with E-state index in [1.165, 1.54) is 6.07 Å². The molecule has 2 aliphatic rings. The summed E-state index contributed by atoms with van der Waals surface area (Å²) in [5.41, 5.74) is 8.28. The number of rotatable bonds is 2. The van der Waals surface area contributed by atoms with Crippen molar-refractivity contribution in [3.05, 3.63) is 29.1 Å². The zero-order valence-electron chi connectivity index (χ0n) is 11.5. The third kappa shape index (κ3) is 2.43. The predicted octanol–water partition coefficient (Wildman–Crippen LogP) is 2.14. The van der Waals surface area contributed by atoms with Gasteiger partial charge in [0.05, 0.1) is 12.7 Å². The standard InChI is InChI=1S/C15H19FN2O2/c1-8-4-10(7-20-8)15(17)11-5-9-2-3-14(19)18-13(9)6-12(11)16/h5-6,8,10,15H,2-4,7,17H2,1H3,(H,18,19). The van der Waals surface area contributed by atoms with Gasteiger partial charge in [0, 0.05) is 29.6 Å².